The molecular weight excluding hydrogens is 257 g/mol. The Morgan fingerprint density at radius 3 is 2.94 bits per heavy atom. The summed E-state index contributed by atoms with van der Waals surface area (Å²) >= 11 is 1.45. The molecule has 0 amide bonds. The number of carbonyl (C=O) groups is 1. The van der Waals surface area contributed by atoms with Gasteiger partial charge in [-0.15, -0.1) is 11.3 Å². The van der Waals surface area contributed by atoms with Crippen molar-refractivity contribution in [1.29, 1.82) is 0 Å². The molecule has 0 saturated carbocycles. The van der Waals surface area contributed by atoms with E-state index in [4.69, 9.17) is 9.84 Å². The van der Waals surface area contributed by atoms with Gasteiger partial charge in [-0.2, -0.15) is 0 Å². The van der Waals surface area contributed by atoms with E-state index in [1.807, 2.05) is 6.92 Å². The van der Waals surface area contributed by atoms with Gasteiger partial charge in [0.05, 0.1) is 10.7 Å². The summed E-state index contributed by atoms with van der Waals surface area (Å²) < 4.78 is 18.7. The van der Waals surface area contributed by atoms with E-state index in [9.17, 15) is 9.18 Å². The number of hydrogen-bond acceptors (Lipinski definition) is 4. The van der Waals surface area contributed by atoms with Crippen LogP contribution in [0.1, 0.15) is 21.1 Å². The summed E-state index contributed by atoms with van der Waals surface area (Å²) in [5.74, 6) is -2.17. The third kappa shape index (κ3) is 2.65. The first-order valence-corrected chi connectivity index (χ1v) is 6.01. The van der Waals surface area contributed by atoms with Gasteiger partial charge in [0.25, 0.3) is 0 Å². The van der Waals surface area contributed by atoms with Gasteiger partial charge in [0, 0.05) is 5.38 Å². The zero-order chi connectivity index (χ0) is 13.1. The van der Waals surface area contributed by atoms with Crippen LogP contribution < -0.4 is 4.74 Å². The van der Waals surface area contributed by atoms with Crippen molar-refractivity contribution in [2.24, 2.45) is 0 Å². The Morgan fingerprint density at radius 2 is 2.33 bits per heavy atom. The molecule has 0 atom stereocenters. The van der Waals surface area contributed by atoms with Crippen molar-refractivity contribution in [3.8, 4) is 5.75 Å². The van der Waals surface area contributed by atoms with Crippen molar-refractivity contribution >= 4 is 17.3 Å². The predicted octanol–water partition coefficient (Wildman–Crippen LogP) is 2.87. The molecule has 0 unspecified atom stereocenters. The largest absolute Gasteiger partial charge is 0.483 e. The number of carboxylic acids is 1. The van der Waals surface area contributed by atoms with E-state index in [-0.39, 0.29) is 17.9 Å². The number of thiazole rings is 1. The van der Waals surface area contributed by atoms with Gasteiger partial charge < -0.3 is 9.84 Å². The second kappa shape index (κ2) is 5.14. The third-order valence-corrected chi connectivity index (χ3v) is 3.05. The quantitative estimate of drug-likeness (QED) is 0.925. The van der Waals surface area contributed by atoms with Crippen molar-refractivity contribution < 1.29 is 19.0 Å². The standard InChI is InChI=1S/C12H10FNO3S/c1-7-14-8(6-18-7)5-17-11-9(12(15)16)3-2-4-10(11)13/h2-4,6H,5H2,1H3,(H,15,16). The number of aryl methyl sites for hydroxylation is 1. The van der Waals surface area contributed by atoms with E-state index in [2.05, 4.69) is 4.98 Å². The Hall–Kier alpha value is -1.95. The predicted molar refractivity (Wildman–Crippen MR) is 64.5 cm³/mol. The van der Waals surface area contributed by atoms with Gasteiger partial charge >= 0.3 is 5.97 Å². The molecule has 94 valence electrons. The highest BCUT2D eigenvalue weighted by molar-refractivity contribution is 7.09. The molecule has 4 nitrogen and oxygen atoms in total. The average molecular weight is 267 g/mol. The summed E-state index contributed by atoms with van der Waals surface area (Å²) in [5, 5.41) is 11.6. The topological polar surface area (TPSA) is 59.4 Å². The van der Waals surface area contributed by atoms with Crippen LogP contribution in [-0.4, -0.2) is 16.1 Å². The van der Waals surface area contributed by atoms with E-state index >= 15 is 0 Å². The number of rotatable bonds is 4. The normalized spacial score (nSPS) is 10.3. The number of aromatic nitrogens is 1. The maximum atomic E-state index is 13.5. The minimum absolute atomic E-state index is 0.0472. The maximum absolute atomic E-state index is 13.5. The molecule has 0 spiro atoms. The summed E-state index contributed by atoms with van der Waals surface area (Å²) in [6, 6.07) is 3.79. The first-order valence-electron chi connectivity index (χ1n) is 5.13. The molecule has 2 rings (SSSR count). The molecule has 1 heterocycles. The number of ether oxygens (including phenoxy) is 1. The molecule has 1 aromatic carbocycles. The fourth-order valence-electron chi connectivity index (χ4n) is 1.44. The van der Waals surface area contributed by atoms with Gasteiger partial charge in [0.2, 0.25) is 0 Å². The second-order valence-corrected chi connectivity index (χ2v) is 4.63. The highest BCUT2D eigenvalue weighted by atomic mass is 32.1. The van der Waals surface area contributed by atoms with Crippen LogP contribution in [0.15, 0.2) is 23.6 Å². The van der Waals surface area contributed by atoms with Crippen molar-refractivity contribution in [2.45, 2.75) is 13.5 Å². The molecule has 1 aromatic heterocycles. The van der Waals surface area contributed by atoms with Gasteiger partial charge in [-0.25, -0.2) is 14.2 Å². The monoisotopic (exact) mass is 267 g/mol. The Bertz CT molecular complexity index is 582. The number of hydrogen-bond donors (Lipinski definition) is 1. The van der Waals surface area contributed by atoms with E-state index in [0.29, 0.717) is 5.69 Å². The molecular formula is C12H10FNO3S. The van der Waals surface area contributed by atoms with Gasteiger partial charge in [-0.3, -0.25) is 0 Å². The third-order valence-electron chi connectivity index (χ3n) is 2.23. The molecule has 6 heteroatoms. The summed E-state index contributed by atoms with van der Waals surface area (Å²) in [4.78, 5) is 15.1. The van der Waals surface area contributed by atoms with E-state index in [1.165, 1.54) is 23.5 Å². The lowest BCUT2D eigenvalue weighted by atomic mass is 10.2. The maximum Gasteiger partial charge on any atom is 0.339 e. The SMILES string of the molecule is Cc1nc(COc2c(F)cccc2C(=O)O)cs1. The molecule has 1 N–H and O–H groups in total. The Labute approximate surface area is 107 Å². The zero-order valence-corrected chi connectivity index (χ0v) is 10.3. The van der Waals surface area contributed by atoms with Crippen LogP contribution in [0.25, 0.3) is 0 Å². The molecule has 0 fully saturated rings. The number of carboxylic acid groups (broad SMARTS) is 1. The van der Waals surface area contributed by atoms with Crippen molar-refractivity contribution in [2.75, 3.05) is 0 Å². The van der Waals surface area contributed by atoms with Crippen molar-refractivity contribution in [3.05, 3.63) is 45.7 Å². The number of nitrogens with zero attached hydrogens (tertiary/aromatic N) is 1. The van der Waals surface area contributed by atoms with Crippen LogP contribution in [0.5, 0.6) is 5.75 Å². The molecule has 0 aliphatic heterocycles. The summed E-state index contributed by atoms with van der Waals surface area (Å²) in [6.07, 6.45) is 0. The van der Waals surface area contributed by atoms with Gasteiger partial charge in [-0.1, -0.05) is 6.07 Å². The van der Waals surface area contributed by atoms with Crippen LogP contribution in [0.4, 0.5) is 4.39 Å². The highest BCUT2D eigenvalue weighted by Crippen LogP contribution is 2.24. The van der Waals surface area contributed by atoms with Crippen LogP contribution in [0.3, 0.4) is 0 Å². The average Bonchev–Trinajstić information content (AvgIpc) is 2.73. The van der Waals surface area contributed by atoms with E-state index in [1.54, 1.807) is 5.38 Å². The molecule has 0 radical (unpaired) electrons. The fourth-order valence-corrected chi connectivity index (χ4v) is 2.04. The lowest BCUT2D eigenvalue weighted by Crippen LogP contribution is -2.05. The zero-order valence-electron chi connectivity index (χ0n) is 9.51. The molecule has 18 heavy (non-hydrogen) atoms. The Morgan fingerprint density at radius 1 is 1.56 bits per heavy atom. The first kappa shape index (κ1) is 12.5. The lowest BCUT2D eigenvalue weighted by molar-refractivity contribution is 0.0690. The first-order chi connectivity index (χ1) is 8.58. The minimum Gasteiger partial charge on any atom is -0.483 e. The van der Waals surface area contributed by atoms with E-state index in [0.717, 1.165) is 11.1 Å². The number of para-hydroxylation sites is 1. The Balaban J connectivity index is 2.20. The molecule has 0 saturated heterocycles. The van der Waals surface area contributed by atoms with E-state index < -0.39 is 11.8 Å². The van der Waals surface area contributed by atoms with Crippen LogP contribution in [0, 0.1) is 12.7 Å². The number of aromatic carboxylic acids is 1. The van der Waals surface area contributed by atoms with Crippen LogP contribution in [-0.2, 0) is 6.61 Å². The number of benzene rings is 1. The molecule has 0 aliphatic rings. The summed E-state index contributed by atoms with van der Waals surface area (Å²) in [7, 11) is 0. The summed E-state index contributed by atoms with van der Waals surface area (Å²) in [5.41, 5.74) is 0.457. The van der Waals surface area contributed by atoms with Crippen LogP contribution in [0.2, 0.25) is 0 Å². The minimum atomic E-state index is -1.22. The smallest absolute Gasteiger partial charge is 0.339 e. The lowest BCUT2D eigenvalue weighted by Gasteiger charge is -2.08. The Kier molecular flexibility index (Phi) is 3.57. The number of halogens is 1. The molecule has 0 bridgehead atoms. The molecule has 2 aromatic rings. The molecule has 0 aliphatic carbocycles. The van der Waals surface area contributed by atoms with Gasteiger partial charge in [-0.05, 0) is 19.1 Å². The van der Waals surface area contributed by atoms with Gasteiger partial charge in [0.1, 0.15) is 12.2 Å². The summed E-state index contributed by atoms with van der Waals surface area (Å²) in [6.45, 7) is 1.89. The van der Waals surface area contributed by atoms with Crippen molar-refractivity contribution in [3.63, 3.8) is 0 Å². The highest BCUT2D eigenvalue weighted by Gasteiger charge is 2.16. The van der Waals surface area contributed by atoms with Crippen LogP contribution >= 0.6 is 11.3 Å². The van der Waals surface area contributed by atoms with Crippen molar-refractivity contribution in [1.82, 2.24) is 4.98 Å². The van der Waals surface area contributed by atoms with Gasteiger partial charge in [0.15, 0.2) is 11.6 Å². The second-order valence-electron chi connectivity index (χ2n) is 3.57. The fraction of sp³-hybridized carbons (Fsp3) is 0.167.